The first-order chi connectivity index (χ1) is 15.9. The smallest absolute Gasteiger partial charge is 0.259 e. The molecule has 2 aromatic carbocycles. The number of nitrogens with zero attached hydrogens (tertiary/aromatic N) is 2. The molecule has 4 aromatic rings. The van der Waals surface area contributed by atoms with E-state index in [0.717, 1.165) is 5.69 Å². The van der Waals surface area contributed by atoms with Crippen LogP contribution in [0.4, 0.5) is 11.4 Å². The highest BCUT2D eigenvalue weighted by Gasteiger charge is 2.20. The highest BCUT2D eigenvalue weighted by molar-refractivity contribution is 6.12. The summed E-state index contributed by atoms with van der Waals surface area (Å²) >= 11 is 0. The average Bonchev–Trinajstić information content (AvgIpc) is 3.20. The minimum absolute atomic E-state index is 0.120. The summed E-state index contributed by atoms with van der Waals surface area (Å²) in [6.45, 7) is 5.76. The zero-order chi connectivity index (χ0) is 23.5. The lowest BCUT2D eigenvalue weighted by Crippen LogP contribution is -2.15. The average molecular weight is 444 g/mol. The van der Waals surface area contributed by atoms with E-state index in [2.05, 4.69) is 20.8 Å². The fourth-order valence-electron chi connectivity index (χ4n) is 3.37. The number of carbonyl (C=O) groups excluding carboxylic acids is 2. The number of amides is 2. The normalized spacial score (nSPS) is 10.9. The first-order valence-electron chi connectivity index (χ1n) is 10.5. The van der Waals surface area contributed by atoms with Crippen molar-refractivity contribution in [3.8, 4) is 5.75 Å². The number of nitrogens with one attached hydrogen (secondary N) is 2. The van der Waals surface area contributed by atoms with E-state index in [1.54, 1.807) is 68.6 Å². The Morgan fingerprint density at radius 3 is 2.15 bits per heavy atom. The SMILES string of the molecule is COc1ccc(NC(=O)c2ccc(NC(=O)c3cc(C(C)C)nc4onc(C)c34)cc2)cc1. The molecule has 33 heavy (non-hydrogen) atoms. The maximum atomic E-state index is 13.1. The molecule has 0 saturated heterocycles. The van der Waals surface area contributed by atoms with Gasteiger partial charge in [-0.15, -0.1) is 0 Å². The zero-order valence-corrected chi connectivity index (χ0v) is 18.8. The maximum absolute atomic E-state index is 13.1. The summed E-state index contributed by atoms with van der Waals surface area (Å²) in [5.41, 5.74) is 3.82. The summed E-state index contributed by atoms with van der Waals surface area (Å²) in [5, 5.41) is 10.3. The number of hydrogen-bond donors (Lipinski definition) is 2. The van der Waals surface area contributed by atoms with Gasteiger partial charge in [-0.2, -0.15) is 0 Å². The molecule has 2 aromatic heterocycles. The molecule has 0 atom stereocenters. The monoisotopic (exact) mass is 444 g/mol. The number of rotatable bonds is 6. The van der Waals surface area contributed by atoms with Crippen LogP contribution >= 0.6 is 0 Å². The van der Waals surface area contributed by atoms with E-state index in [-0.39, 0.29) is 17.7 Å². The topological polar surface area (TPSA) is 106 Å². The Bertz CT molecular complexity index is 1310. The third-order valence-electron chi connectivity index (χ3n) is 5.23. The lowest BCUT2D eigenvalue weighted by molar-refractivity contribution is 0.102. The molecule has 0 saturated carbocycles. The van der Waals surface area contributed by atoms with Gasteiger partial charge in [-0.3, -0.25) is 9.59 Å². The van der Waals surface area contributed by atoms with Crippen LogP contribution in [0.5, 0.6) is 5.75 Å². The number of aryl methyl sites for hydroxylation is 1. The van der Waals surface area contributed by atoms with Gasteiger partial charge in [0.1, 0.15) is 5.75 Å². The van der Waals surface area contributed by atoms with Crippen LogP contribution in [0, 0.1) is 6.92 Å². The molecular weight excluding hydrogens is 420 g/mol. The van der Waals surface area contributed by atoms with Gasteiger partial charge in [-0.05, 0) is 67.4 Å². The molecule has 4 rings (SSSR count). The fourth-order valence-corrected chi connectivity index (χ4v) is 3.37. The Labute approximate surface area is 191 Å². The Morgan fingerprint density at radius 1 is 0.939 bits per heavy atom. The van der Waals surface area contributed by atoms with Crippen LogP contribution in [-0.4, -0.2) is 29.1 Å². The van der Waals surface area contributed by atoms with Gasteiger partial charge in [0.15, 0.2) is 0 Å². The summed E-state index contributed by atoms with van der Waals surface area (Å²) in [6.07, 6.45) is 0. The first-order valence-corrected chi connectivity index (χ1v) is 10.5. The standard InChI is InChI=1S/C25H24N4O4/c1-14(2)21-13-20(22-15(3)29-33-25(22)28-21)24(31)27-17-7-5-16(6-8-17)23(30)26-18-9-11-19(32-4)12-10-18/h5-14H,1-4H3,(H,26,30)(H,27,31). The van der Waals surface area contributed by atoms with Gasteiger partial charge in [0.05, 0.1) is 23.8 Å². The third kappa shape index (κ3) is 4.69. The minimum Gasteiger partial charge on any atom is -0.497 e. The fraction of sp³-hybridized carbons (Fsp3) is 0.200. The number of hydrogen-bond acceptors (Lipinski definition) is 6. The Kier molecular flexibility index (Phi) is 6.08. The summed E-state index contributed by atoms with van der Waals surface area (Å²) in [5.74, 6) is 0.276. The second kappa shape index (κ2) is 9.12. The number of pyridine rings is 1. The summed E-state index contributed by atoms with van der Waals surface area (Å²) in [7, 11) is 1.59. The molecule has 0 radical (unpaired) electrons. The van der Waals surface area contributed by atoms with Crippen molar-refractivity contribution >= 4 is 34.3 Å². The quantitative estimate of drug-likeness (QED) is 0.425. The first kappa shape index (κ1) is 22.0. The van der Waals surface area contributed by atoms with Gasteiger partial charge >= 0.3 is 0 Å². The lowest BCUT2D eigenvalue weighted by Gasteiger charge is -2.10. The lowest BCUT2D eigenvalue weighted by atomic mass is 10.0. The number of ether oxygens (including phenoxy) is 1. The van der Waals surface area contributed by atoms with Gasteiger partial charge in [-0.1, -0.05) is 19.0 Å². The second-order valence-electron chi connectivity index (χ2n) is 7.91. The molecule has 0 aliphatic rings. The van der Waals surface area contributed by atoms with Crippen LogP contribution < -0.4 is 15.4 Å². The van der Waals surface area contributed by atoms with Crippen molar-refractivity contribution in [1.29, 1.82) is 0 Å². The molecule has 0 unspecified atom stereocenters. The highest BCUT2D eigenvalue weighted by atomic mass is 16.5. The number of aromatic nitrogens is 2. The highest BCUT2D eigenvalue weighted by Crippen LogP contribution is 2.26. The van der Waals surface area contributed by atoms with Gasteiger partial charge in [0.2, 0.25) is 0 Å². The summed E-state index contributed by atoms with van der Waals surface area (Å²) < 4.78 is 10.4. The zero-order valence-electron chi connectivity index (χ0n) is 18.8. The third-order valence-corrected chi connectivity index (χ3v) is 5.23. The number of fused-ring (bicyclic) bond motifs is 1. The van der Waals surface area contributed by atoms with Crippen molar-refractivity contribution in [1.82, 2.24) is 10.1 Å². The molecule has 8 nitrogen and oxygen atoms in total. The number of anilines is 2. The number of carbonyl (C=O) groups is 2. The van der Waals surface area contributed by atoms with E-state index in [1.807, 2.05) is 13.8 Å². The summed E-state index contributed by atoms with van der Waals surface area (Å²) in [4.78, 5) is 30.1. The van der Waals surface area contributed by atoms with E-state index < -0.39 is 0 Å². The minimum atomic E-state index is -0.300. The molecule has 8 heteroatoms. The van der Waals surface area contributed by atoms with Crippen molar-refractivity contribution in [3.63, 3.8) is 0 Å². The molecule has 168 valence electrons. The van der Waals surface area contributed by atoms with Crippen LogP contribution in [0.3, 0.4) is 0 Å². The van der Waals surface area contributed by atoms with Crippen LogP contribution in [0.1, 0.15) is 51.9 Å². The number of benzene rings is 2. The Balaban J connectivity index is 1.50. The van der Waals surface area contributed by atoms with Gasteiger partial charge in [0, 0.05) is 22.6 Å². The second-order valence-corrected chi connectivity index (χ2v) is 7.91. The van der Waals surface area contributed by atoms with Crippen molar-refractivity contribution in [2.75, 3.05) is 17.7 Å². The molecular formula is C25H24N4O4. The van der Waals surface area contributed by atoms with Crippen LogP contribution in [0.2, 0.25) is 0 Å². The van der Waals surface area contributed by atoms with E-state index in [0.29, 0.717) is 45.0 Å². The van der Waals surface area contributed by atoms with Gasteiger partial charge in [0.25, 0.3) is 17.5 Å². The summed E-state index contributed by atoms with van der Waals surface area (Å²) in [6, 6.07) is 15.5. The number of methoxy groups -OCH3 is 1. The van der Waals surface area contributed by atoms with Crippen molar-refractivity contribution in [2.24, 2.45) is 0 Å². The van der Waals surface area contributed by atoms with Crippen LogP contribution in [0.15, 0.2) is 59.1 Å². The van der Waals surface area contributed by atoms with Gasteiger partial charge < -0.3 is 19.9 Å². The largest absolute Gasteiger partial charge is 0.497 e. The molecule has 2 N–H and O–H groups in total. The van der Waals surface area contributed by atoms with E-state index in [1.165, 1.54) is 0 Å². The molecule has 0 aliphatic carbocycles. The van der Waals surface area contributed by atoms with Gasteiger partial charge in [-0.25, -0.2) is 4.98 Å². The van der Waals surface area contributed by atoms with Crippen LogP contribution in [-0.2, 0) is 0 Å². The Hall–Kier alpha value is -4.20. The predicted molar refractivity (Wildman–Crippen MR) is 126 cm³/mol. The van der Waals surface area contributed by atoms with E-state index in [4.69, 9.17) is 9.26 Å². The maximum Gasteiger partial charge on any atom is 0.259 e. The Morgan fingerprint density at radius 2 is 1.55 bits per heavy atom. The van der Waals surface area contributed by atoms with Crippen LogP contribution in [0.25, 0.3) is 11.1 Å². The predicted octanol–water partition coefficient (Wildman–Crippen LogP) is 5.17. The molecule has 0 aliphatic heterocycles. The van der Waals surface area contributed by atoms with Crippen molar-refractivity contribution < 1.29 is 18.8 Å². The molecule has 2 amide bonds. The van der Waals surface area contributed by atoms with Crippen molar-refractivity contribution in [2.45, 2.75) is 26.7 Å². The molecule has 0 fully saturated rings. The molecule has 0 spiro atoms. The van der Waals surface area contributed by atoms with E-state index in [9.17, 15) is 9.59 Å². The van der Waals surface area contributed by atoms with Crippen molar-refractivity contribution in [3.05, 3.63) is 77.1 Å². The van der Waals surface area contributed by atoms with E-state index >= 15 is 0 Å². The molecule has 2 heterocycles. The molecule has 0 bridgehead atoms.